The van der Waals surface area contributed by atoms with Crippen LogP contribution in [0, 0.1) is 22.7 Å². The third-order valence-electron chi connectivity index (χ3n) is 11.6. The SMILES string of the molecule is CCCCCCCCC=CCCCCCCCCC1(C(=O)NC2CCCCC2C(CNC(=O)C2OC(C)(C)OCC2(C)C)C(=O)O)CCC1. The fourth-order valence-electron chi connectivity index (χ4n) is 8.09. The molecule has 3 aliphatic rings. The van der Waals surface area contributed by atoms with Crippen molar-refractivity contribution in [2.75, 3.05) is 13.2 Å². The first-order chi connectivity index (χ1) is 23.4. The zero-order valence-corrected chi connectivity index (χ0v) is 31.9. The van der Waals surface area contributed by atoms with Crippen molar-refractivity contribution < 1.29 is 29.0 Å². The predicted molar refractivity (Wildman–Crippen MR) is 197 cm³/mol. The molecule has 8 nitrogen and oxygen atoms in total. The van der Waals surface area contributed by atoms with Gasteiger partial charge in [0.05, 0.1) is 12.5 Å². The number of ether oxygens (including phenoxy) is 2. The molecule has 0 aromatic rings. The lowest BCUT2D eigenvalue weighted by atomic mass is 9.64. The molecule has 2 amide bonds. The molecule has 0 bridgehead atoms. The zero-order chi connectivity index (χ0) is 35.8. The topological polar surface area (TPSA) is 114 Å². The Morgan fingerprint density at radius 1 is 0.816 bits per heavy atom. The van der Waals surface area contributed by atoms with E-state index in [9.17, 15) is 19.5 Å². The number of amides is 2. The Morgan fingerprint density at radius 3 is 2.00 bits per heavy atom. The molecule has 49 heavy (non-hydrogen) atoms. The van der Waals surface area contributed by atoms with Crippen LogP contribution in [0.5, 0.6) is 0 Å². The van der Waals surface area contributed by atoms with Gasteiger partial charge in [0.2, 0.25) is 11.8 Å². The maximum atomic E-state index is 13.8. The summed E-state index contributed by atoms with van der Waals surface area (Å²) in [5.41, 5.74) is -0.838. The van der Waals surface area contributed by atoms with Crippen LogP contribution in [0.2, 0.25) is 0 Å². The lowest BCUT2D eigenvalue weighted by molar-refractivity contribution is -0.304. The lowest BCUT2D eigenvalue weighted by Gasteiger charge is -2.45. The largest absolute Gasteiger partial charge is 0.481 e. The minimum Gasteiger partial charge on any atom is -0.481 e. The molecular weight excluding hydrogens is 616 g/mol. The summed E-state index contributed by atoms with van der Waals surface area (Å²) in [6.45, 7) is 10.1. The normalized spacial score (nSPS) is 25.0. The van der Waals surface area contributed by atoms with Crippen LogP contribution < -0.4 is 10.6 Å². The second-order valence-electron chi connectivity index (χ2n) is 16.7. The van der Waals surface area contributed by atoms with E-state index < -0.39 is 29.2 Å². The van der Waals surface area contributed by atoms with Crippen molar-refractivity contribution in [3.8, 4) is 0 Å². The molecule has 4 unspecified atom stereocenters. The Labute approximate surface area is 298 Å². The van der Waals surface area contributed by atoms with Crippen molar-refractivity contribution in [3.63, 3.8) is 0 Å². The molecule has 3 N–H and O–H groups in total. The number of carbonyl (C=O) groups is 3. The van der Waals surface area contributed by atoms with Crippen LogP contribution in [0.4, 0.5) is 0 Å². The number of hydrogen-bond acceptors (Lipinski definition) is 5. The molecule has 1 aliphatic heterocycles. The van der Waals surface area contributed by atoms with Crippen molar-refractivity contribution in [1.29, 1.82) is 0 Å². The van der Waals surface area contributed by atoms with Gasteiger partial charge in [0, 0.05) is 23.4 Å². The van der Waals surface area contributed by atoms with E-state index in [1.807, 2.05) is 13.8 Å². The number of carboxylic acids is 1. The van der Waals surface area contributed by atoms with E-state index in [1.54, 1.807) is 13.8 Å². The van der Waals surface area contributed by atoms with Gasteiger partial charge in [0.1, 0.15) is 6.10 Å². The smallest absolute Gasteiger partial charge is 0.308 e. The van der Waals surface area contributed by atoms with Crippen LogP contribution in [0.15, 0.2) is 12.2 Å². The standard InChI is InChI=1S/C41H72N2O6/c1-6-7-8-9-10-11-12-13-14-15-16-17-18-19-20-23-27-41(28-24-29-41)38(47)43-34-26-22-21-25-32(34)33(37(45)46)30-42-36(44)35-39(2,3)31-48-40(4,5)49-35/h13-14,32-35H,6-12,15-31H2,1-5H3,(H,42,44)(H,43,47)(H,45,46). The summed E-state index contributed by atoms with van der Waals surface area (Å²) in [7, 11) is 0. The van der Waals surface area contributed by atoms with Crippen molar-refractivity contribution in [2.45, 2.75) is 194 Å². The van der Waals surface area contributed by atoms with Gasteiger partial charge in [-0.2, -0.15) is 0 Å². The average molecular weight is 689 g/mol. The van der Waals surface area contributed by atoms with Crippen LogP contribution >= 0.6 is 0 Å². The van der Waals surface area contributed by atoms with Gasteiger partial charge in [-0.05, 0) is 77.6 Å². The van der Waals surface area contributed by atoms with Crippen LogP contribution in [0.3, 0.4) is 0 Å². The molecule has 0 radical (unpaired) electrons. The molecule has 0 aromatic carbocycles. The summed E-state index contributed by atoms with van der Waals surface area (Å²) in [5.74, 6) is -3.01. The highest BCUT2D eigenvalue weighted by Gasteiger charge is 2.48. The van der Waals surface area contributed by atoms with Gasteiger partial charge < -0.3 is 25.2 Å². The molecule has 3 rings (SSSR count). The number of nitrogens with one attached hydrogen (secondary N) is 2. The highest BCUT2D eigenvalue weighted by Crippen LogP contribution is 2.46. The maximum Gasteiger partial charge on any atom is 0.308 e. The number of aliphatic carboxylic acids is 1. The number of carbonyl (C=O) groups excluding carboxylic acids is 2. The first kappa shape index (κ1) is 41.5. The molecule has 1 heterocycles. The highest BCUT2D eigenvalue weighted by molar-refractivity contribution is 5.84. The Kier molecular flexibility index (Phi) is 17.6. The van der Waals surface area contributed by atoms with Crippen LogP contribution in [-0.2, 0) is 23.9 Å². The first-order valence-electron chi connectivity index (χ1n) is 20.2. The predicted octanol–water partition coefficient (Wildman–Crippen LogP) is 9.25. The second kappa shape index (κ2) is 20.8. The number of hydrogen-bond donors (Lipinski definition) is 3. The molecule has 4 atom stereocenters. The zero-order valence-electron chi connectivity index (χ0n) is 31.9. The van der Waals surface area contributed by atoms with Gasteiger partial charge in [-0.25, -0.2) is 0 Å². The van der Waals surface area contributed by atoms with Crippen molar-refractivity contribution in [1.82, 2.24) is 10.6 Å². The summed E-state index contributed by atoms with van der Waals surface area (Å²) in [6, 6.07) is -0.189. The van der Waals surface area contributed by atoms with Crippen molar-refractivity contribution in [3.05, 3.63) is 12.2 Å². The minimum absolute atomic E-state index is 0.0169. The fourth-order valence-corrected chi connectivity index (χ4v) is 8.09. The van der Waals surface area contributed by atoms with Crippen molar-refractivity contribution in [2.24, 2.45) is 22.7 Å². The average Bonchev–Trinajstić information content (AvgIpc) is 3.03. The molecule has 0 aromatic heterocycles. The van der Waals surface area contributed by atoms with E-state index in [2.05, 4.69) is 29.7 Å². The summed E-state index contributed by atoms with van der Waals surface area (Å²) in [5, 5.41) is 16.6. The summed E-state index contributed by atoms with van der Waals surface area (Å²) < 4.78 is 11.7. The molecule has 3 fully saturated rings. The first-order valence-corrected chi connectivity index (χ1v) is 20.2. The Morgan fingerprint density at radius 2 is 1.41 bits per heavy atom. The maximum absolute atomic E-state index is 13.8. The van der Waals surface area contributed by atoms with Gasteiger partial charge in [0.25, 0.3) is 0 Å². The monoisotopic (exact) mass is 689 g/mol. The van der Waals surface area contributed by atoms with Gasteiger partial charge in [-0.3, -0.25) is 14.4 Å². The number of carboxylic acid groups (broad SMARTS) is 1. The molecule has 2 aliphatic carbocycles. The van der Waals surface area contributed by atoms with Gasteiger partial charge >= 0.3 is 5.97 Å². The minimum atomic E-state index is -0.929. The van der Waals surface area contributed by atoms with E-state index in [0.717, 1.165) is 57.8 Å². The highest BCUT2D eigenvalue weighted by atomic mass is 16.7. The Balaban J connectivity index is 1.39. The molecule has 282 valence electrons. The summed E-state index contributed by atoms with van der Waals surface area (Å²) >= 11 is 0. The number of rotatable bonds is 23. The number of allylic oxidation sites excluding steroid dienone is 2. The molecule has 2 saturated carbocycles. The van der Waals surface area contributed by atoms with Crippen LogP contribution in [-0.4, -0.2) is 54.0 Å². The Bertz CT molecular complexity index is 1040. The third kappa shape index (κ3) is 13.6. The van der Waals surface area contributed by atoms with Gasteiger partial charge in [-0.1, -0.05) is 116 Å². The summed E-state index contributed by atoms with van der Waals surface area (Å²) in [4.78, 5) is 39.6. The molecular formula is C41H72N2O6. The van der Waals surface area contributed by atoms with Crippen LogP contribution in [0.25, 0.3) is 0 Å². The van der Waals surface area contributed by atoms with Gasteiger partial charge in [0.15, 0.2) is 5.79 Å². The van der Waals surface area contributed by atoms with Gasteiger partial charge in [-0.15, -0.1) is 0 Å². The second-order valence-corrected chi connectivity index (χ2v) is 16.7. The number of unbranched alkanes of at least 4 members (excludes halogenated alkanes) is 12. The summed E-state index contributed by atoms with van der Waals surface area (Å²) in [6.07, 6.45) is 29.1. The molecule has 8 heteroatoms. The van der Waals surface area contributed by atoms with E-state index in [0.29, 0.717) is 6.61 Å². The van der Waals surface area contributed by atoms with E-state index in [-0.39, 0.29) is 35.7 Å². The van der Waals surface area contributed by atoms with E-state index in [4.69, 9.17) is 9.47 Å². The Hall–Kier alpha value is -1.93. The van der Waals surface area contributed by atoms with E-state index in [1.165, 1.54) is 83.5 Å². The van der Waals surface area contributed by atoms with E-state index >= 15 is 0 Å². The van der Waals surface area contributed by atoms with Crippen molar-refractivity contribution >= 4 is 17.8 Å². The van der Waals surface area contributed by atoms with Crippen LogP contribution in [0.1, 0.15) is 176 Å². The lowest BCUT2D eigenvalue weighted by Crippen LogP contribution is -2.58. The molecule has 0 spiro atoms. The molecule has 1 saturated heterocycles. The third-order valence-corrected chi connectivity index (χ3v) is 11.6. The fraction of sp³-hybridized carbons (Fsp3) is 0.878. The quantitative estimate of drug-likeness (QED) is 0.0729.